The Morgan fingerprint density at radius 3 is 2.52 bits per heavy atom. The van der Waals surface area contributed by atoms with Crippen molar-refractivity contribution in [2.75, 3.05) is 6.54 Å². The molecule has 1 aliphatic rings. The van der Waals surface area contributed by atoms with Gasteiger partial charge >= 0.3 is 12.5 Å². The molecular formula is C14H16F3NO3. The zero-order valence-corrected chi connectivity index (χ0v) is 11.5. The van der Waals surface area contributed by atoms with E-state index in [1.165, 1.54) is 0 Å². The molecule has 1 unspecified atom stereocenters. The van der Waals surface area contributed by atoms with Crippen LogP contribution in [-0.2, 0) is 4.74 Å². The van der Waals surface area contributed by atoms with E-state index in [1.54, 1.807) is 37.3 Å². The number of benzene rings is 1. The number of halogens is 3. The van der Waals surface area contributed by atoms with Gasteiger partial charge < -0.3 is 9.47 Å². The first-order valence-corrected chi connectivity index (χ1v) is 6.62. The number of nitrogens with zero attached hydrogens (tertiary/aromatic N) is 1. The van der Waals surface area contributed by atoms with E-state index in [2.05, 4.69) is 4.74 Å². The zero-order chi connectivity index (χ0) is 15.5. The van der Waals surface area contributed by atoms with Crippen LogP contribution in [0.4, 0.5) is 18.0 Å². The van der Waals surface area contributed by atoms with Crippen molar-refractivity contribution in [2.24, 2.45) is 0 Å². The van der Waals surface area contributed by atoms with Gasteiger partial charge in [-0.15, -0.1) is 13.2 Å². The van der Waals surface area contributed by atoms with E-state index in [-0.39, 0.29) is 6.54 Å². The Hall–Kier alpha value is -1.92. The van der Waals surface area contributed by atoms with Crippen molar-refractivity contribution in [2.45, 2.75) is 38.3 Å². The number of carbonyl (C=O) groups excluding carboxylic acids is 1. The quantitative estimate of drug-likeness (QED) is 0.831. The molecule has 1 amide bonds. The summed E-state index contributed by atoms with van der Waals surface area (Å²) < 4.78 is 46.0. The summed E-state index contributed by atoms with van der Waals surface area (Å²) >= 11 is 0. The summed E-state index contributed by atoms with van der Waals surface area (Å²) in [6, 6.07) is 8.67. The Kier molecular flexibility index (Phi) is 4.29. The Morgan fingerprint density at radius 2 is 1.90 bits per heavy atom. The van der Waals surface area contributed by atoms with Gasteiger partial charge in [-0.25, -0.2) is 4.79 Å². The number of para-hydroxylation sites is 1. The lowest BCUT2D eigenvalue weighted by molar-refractivity contribution is -0.298. The van der Waals surface area contributed by atoms with E-state index >= 15 is 0 Å². The first-order valence-electron chi connectivity index (χ1n) is 6.62. The molecule has 0 aliphatic carbocycles. The summed E-state index contributed by atoms with van der Waals surface area (Å²) in [5, 5.41) is 0. The van der Waals surface area contributed by atoms with Crippen LogP contribution in [0.2, 0.25) is 0 Å². The molecule has 2 rings (SSSR count). The third-order valence-corrected chi connectivity index (χ3v) is 3.35. The molecule has 0 aromatic heterocycles. The Labute approximate surface area is 120 Å². The van der Waals surface area contributed by atoms with Crippen LogP contribution in [0.25, 0.3) is 0 Å². The third kappa shape index (κ3) is 4.03. The maximum Gasteiger partial charge on any atom is 0.576 e. The number of alkyl halides is 3. The highest BCUT2D eigenvalue weighted by atomic mass is 19.4. The summed E-state index contributed by atoms with van der Waals surface area (Å²) in [5.41, 5.74) is -1.15. The second-order valence-electron chi connectivity index (χ2n) is 5.01. The minimum absolute atomic E-state index is 0.165. The van der Waals surface area contributed by atoms with Crippen LogP contribution < -0.4 is 4.74 Å². The van der Waals surface area contributed by atoms with Crippen molar-refractivity contribution < 1.29 is 27.4 Å². The molecule has 1 saturated heterocycles. The van der Waals surface area contributed by atoms with Crippen molar-refractivity contribution >= 4 is 6.09 Å². The summed E-state index contributed by atoms with van der Waals surface area (Å²) in [6.45, 7) is 1.76. The number of piperidine rings is 1. The van der Waals surface area contributed by atoms with Crippen LogP contribution in [0.3, 0.4) is 0 Å². The topological polar surface area (TPSA) is 38.8 Å². The van der Waals surface area contributed by atoms with Gasteiger partial charge in [-0.1, -0.05) is 18.2 Å². The number of carbonyl (C=O) groups is 1. The molecule has 1 aromatic carbocycles. The highest BCUT2D eigenvalue weighted by Gasteiger charge is 2.44. The summed E-state index contributed by atoms with van der Waals surface area (Å²) in [7, 11) is 0. The number of amides is 1. The standard InChI is InChI=1S/C14H16F3NO3/c1-13(20-11-7-3-2-4-8-11)9-5-6-10-18(13)12(19)21-14(15,16)17/h2-4,7-8H,5-6,9-10H2,1H3. The van der Waals surface area contributed by atoms with E-state index in [0.717, 1.165) is 11.3 Å². The molecule has 4 nitrogen and oxygen atoms in total. The molecule has 0 spiro atoms. The van der Waals surface area contributed by atoms with Gasteiger partial charge in [0.1, 0.15) is 5.75 Å². The second kappa shape index (κ2) is 5.83. The Balaban J connectivity index is 2.15. The zero-order valence-electron chi connectivity index (χ0n) is 11.5. The van der Waals surface area contributed by atoms with Crippen LogP contribution in [0.1, 0.15) is 26.2 Å². The Bertz CT molecular complexity index is 492. The highest BCUT2D eigenvalue weighted by Crippen LogP contribution is 2.32. The van der Waals surface area contributed by atoms with Crippen LogP contribution in [0.5, 0.6) is 5.75 Å². The predicted molar refractivity (Wildman–Crippen MR) is 68.6 cm³/mol. The normalized spacial score (nSPS) is 22.8. The lowest BCUT2D eigenvalue weighted by Gasteiger charge is -2.43. The first kappa shape index (κ1) is 15.5. The fourth-order valence-electron chi connectivity index (χ4n) is 2.38. The highest BCUT2D eigenvalue weighted by molar-refractivity contribution is 5.68. The van der Waals surface area contributed by atoms with Gasteiger partial charge in [-0.3, -0.25) is 4.90 Å². The maximum absolute atomic E-state index is 12.2. The second-order valence-corrected chi connectivity index (χ2v) is 5.01. The van der Waals surface area contributed by atoms with E-state index in [0.29, 0.717) is 18.6 Å². The molecule has 116 valence electrons. The number of likely N-dealkylation sites (tertiary alicyclic amines) is 1. The smallest absolute Gasteiger partial charge is 0.468 e. The van der Waals surface area contributed by atoms with Crippen molar-refractivity contribution in [3.8, 4) is 5.75 Å². The monoisotopic (exact) mass is 303 g/mol. The fraction of sp³-hybridized carbons (Fsp3) is 0.500. The lowest BCUT2D eigenvalue weighted by Crippen LogP contribution is -2.57. The number of hydrogen-bond acceptors (Lipinski definition) is 3. The molecule has 0 radical (unpaired) electrons. The van der Waals surface area contributed by atoms with Gasteiger partial charge in [0.25, 0.3) is 0 Å². The first-order chi connectivity index (χ1) is 9.80. The van der Waals surface area contributed by atoms with Gasteiger partial charge in [-0.05, 0) is 31.9 Å². The number of ether oxygens (including phenoxy) is 2. The molecular weight excluding hydrogens is 287 g/mol. The van der Waals surface area contributed by atoms with Crippen LogP contribution in [0.15, 0.2) is 30.3 Å². The Morgan fingerprint density at radius 1 is 1.24 bits per heavy atom. The van der Waals surface area contributed by atoms with Gasteiger partial charge in [0.2, 0.25) is 0 Å². The average molecular weight is 303 g/mol. The van der Waals surface area contributed by atoms with Crippen LogP contribution in [0, 0.1) is 0 Å². The number of hydrogen-bond donors (Lipinski definition) is 0. The molecule has 21 heavy (non-hydrogen) atoms. The van der Waals surface area contributed by atoms with Crippen molar-refractivity contribution in [1.29, 1.82) is 0 Å². The van der Waals surface area contributed by atoms with Crippen LogP contribution >= 0.6 is 0 Å². The van der Waals surface area contributed by atoms with Crippen molar-refractivity contribution in [3.05, 3.63) is 30.3 Å². The molecule has 1 aliphatic heterocycles. The van der Waals surface area contributed by atoms with Gasteiger partial charge in [-0.2, -0.15) is 0 Å². The van der Waals surface area contributed by atoms with Crippen molar-refractivity contribution in [1.82, 2.24) is 4.90 Å². The van der Waals surface area contributed by atoms with E-state index in [9.17, 15) is 18.0 Å². The van der Waals surface area contributed by atoms with E-state index in [1.807, 2.05) is 0 Å². The molecule has 0 saturated carbocycles. The molecule has 1 heterocycles. The largest absolute Gasteiger partial charge is 0.576 e. The summed E-state index contributed by atoms with van der Waals surface area (Å²) in [5.74, 6) is 0.492. The van der Waals surface area contributed by atoms with Gasteiger partial charge in [0.15, 0.2) is 5.72 Å². The molecule has 0 N–H and O–H groups in total. The summed E-state index contributed by atoms with van der Waals surface area (Å²) in [4.78, 5) is 12.7. The lowest BCUT2D eigenvalue weighted by atomic mass is 10.00. The van der Waals surface area contributed by atoms with Crippen molar-refractivity contribution in [3.63, 3.8) is 0 Å². The molecule has 1 aromatic rings. The molecule has 7 heteroatoms. The van der Waals surface area contributed by atoms with Gasteiger partial charge in [0.05, 0.1) is 0 Å². The minimum atomic E-state index is -5.00. The number of rotatable bonds is 2. The SMILES string of the molecule is CC1(Oc2ccccc2)CCCCN1C(=O)OC(F)(F)F. The molecule has 1 atom stereocenters. The van der Waals surface area contributed by atoms with E-state index < -0.39 is 18.2 Å². The molecule has 1 fully saturated rings. The third-order valence-electron chi connectivity index (χ3n) is 3.35. The maximum atomic E-state index is 12.2. The summed E-state index contributed by atoms with van der Waals surface area (Å²) in [6.07, 6.45) is -4.61. The van der Waals surface area contributed by atoms with Crippen LogP contribution in [-0.4, -0.2) is 29.6 Å². The predicted octanol–water partition coefficient (Wildman–Crippen LogP) is 3.92. The fourth-order valence-corrected chi connectivity index (χ4v) is 2.38. The van der Waals surface area contributed by atoms with Gasteiger partial charge in [0, 0.05) is 13.0 Å². The average Bonchev–Trinajstić information content (AvgIpc) is 2.37. The molecule has 0 bridgehead atoms. The van der Waals surface area contributed by atoms with E-state index in [4.69, 9.17) is 4.74 Å². The minimum Gasteiger partial charge on any atom is -0.468 e.